The molecule has 3 nitrogen and oxygen atoms in total. The van der Waals surface area contributed by atoms with Crippen LogP contribution >= 0.6 is 0 Å². The van der Waals surface area contributed by atoms with Crippen LogP contribution in [0.15, 0.2) is 24.4 Å². The SMILES string of the molecule is NCC1CCCc2c1cnn2-c1ccc(F)cc1F. The molecule has 2 N–H and O–H groups in total. The second kappa shape index (κ2) is 4.74. The van der Waals surface area contributed by atoms with E-state index in [2.05, 4.69) is 5.10 Å². The van der Waals surface area contributed by atoms with E-state index in [-0.39, 0.29) is 0 Å². The summed E-state index contributed by atoms with van der Waals surface area (Å²) in [4.78, 5) is 0. The summed E-state index contributed by atoms with van der Waals surface area (Å²) < 4.78 is 28.4. The largest absolute Gasteiger partial charge is 0.330 e. The molecule has 2 aromatic rings. The summed E-state index contributed by atoms with van der Waals surface area (Å²) in [6.07, 6.45) is 4.67. The number of fused-ring (bicyclic) bond motifs is 1. The fourth-order valence-corrected chi connectivity index (χ4v) is 2.75. The highest BCUT2D eigenvalue weighted by Gasteiger charge is 2.24. The van der Waals surface area contributed by atoms with E-state index in [0.29, 0.717) is 18.2 Å². The molecule has 5 heteroatoms. The molecule has 1 heterocycles. The van der Waals surface area contributed by atoms with Gasteiger partial charge in [-0.3, -0.25) is 0 Å². The van der Waals surface area contributed by atoms with Crippen LogP contribution in [0.4, 0.5) is 8.78 Å². The van der Waals surface area contributed by atoms with Gasteiger partial charge in [0, 0.05) is 11.8 Å². The molecular weight excluding hydrogens is 248 g/mol. The Morgan fingerprint density at radius 2 is 2.21 bits per heavy atom. The smallest absolute Gasteiger partial charge is 0.151 e. The van der Waals surface area contributed by atoms with E-state index in [0.717, 1.165) is 36.6 Å². The van der Waals surface area contributed by atoms with E-state index in [1.165, 1.54) is 12.1 Å². The van der Waals surface area contributed by atoms with Crippen molar-refractivity contribution < 1.29 is 8.78 Å². The molecule has 0 saturated heterocycles. The van der Waals surface area contributed by atoms with Gasteiger partial charge in [0.05, 0.1) is 6.20 Å². The van der Waals surface area contributed by atoms with Gasteiger partial charge in [0.2, 0.25) is 0 Å². The lowest BCUT2D eigenvalue weighted by molar-refractivity contribution is 0.541. The standard InChI is InChI=1S/C14H15F2N3/c15-10-4-5-14(12(16)6-10)19-13-3-1-2-9(7-17)11(13)8-18-19/h4-6,8-9H,1-3,7,17H2. The average Bonchev–Trinajstić information content (AvgIpc) is 2.82. The maximum atomic E-state index is 13.8. The highest BCUT2D eigenvalue weighted by atomic mass is 19.1. The second-order valence-electron chi connectivity index (χ2n) is 4.88. The number of benzene rings is 1. The van der Waals surface area contributed by atoms with Gasteiger partial charge >= 0.3 is 0 Å². The quantitative estimate of drug-likeness (QED) is 0.904. The van der Waals surface area contributed by atoms with Crippen LogP contribution in [-0.2, 0) is 6.42 Å². The number of nitrogens with zero attached hydrogens (tertiary/aromatic N) is 2. The third-order valence-corrected chi connectivity index (χ3v) is 3.73. The second-order valence-corrected chi connectivity index (χ2v) is 4.88. The van der Waals surface area contributed by atoms with Crippen molar-refractivity contribution in [3.05, 3.63) is 47.3 Å². The highest BCUT2D eigenvalue weighted by molar-refractivity contribution is 5.38. The molecule has 1 unspecified atom stereocenters. The van der Waals surface area contributed by atoms with Crippen LogP contribution in [0, 0.1) is 11.6 Å². The van der Waals surface area contributed by atoms with Gasteiger partial charge in [-0.15, -0.1) is 0 Å². The summed E-state index contributed by atoms with van der Waals surface area (Å²) in [6.45, 7) is 0.574. The van der Waals surface area contributed by atoms with E-state index in [4.69, 9.17) is 5.73 Å². The van der Waals surface area contributed by atoms with Gasteiger partial charge in [-0.1, -0.05) is 0 Å². The van der Waals surface area contributed by atoms with Gasteiger partial charge in [0.1, 0.15) is 11.5 Å². The maximum absolute atomic E-state index is 13.8. The van der Waals surface area contributed by atoms with Crippen LogP contribution in [-0.4, -0.2) is 16.3 Å². The van der Waals surface area contributed by atoms with E-state index in [1.807, 2.05) is 0 Å². The summed E-state index contributed by atoms with van der Waals surface area (Å²) in [5.74, 6) is -0.885. The lowest BCUT2D eigenvalue weighted by Gasteiger charge is -2.21. The summed E-state index contributed by atoms with van der Waals surface area (Å²) >= 11 is 0. The zero-order valence-corrected chi connectivity index (χ0v) is 10.4. The fourth-order valence-electron chi connectivity index (χ4n) is 2.75. The average molecular weight is 263 g/mol. The summed E-state index contributed by atoms with van der Waals surface area (Å²) in [6, 6.07) is 3.55. The molecule has 0 aliphatic heterocycles. The van der Waals surface area contributed by atoms with Crippen LogP contribution in [0.25, 0.3) is 5.69 Å². The fraction of sp³-hybridized carbons (Fsp3) is 0.357. The number of halogens is 2. The predicted molar refractivity (Wildman–Crippen MR) is 68.2 cm³/mol. The summed E-state index contributed by atoms with van der Waals surface area (Å²) in [5.41, 5.74) is 8.13. The van der Waals surface area contributed by atoms with Gasteiger partial charge in [0.15, 0.2) is 5.82 Å². The highest BCUT2D eigenvalue weighted by Crippen LogP contribution is 2.32. The topological polar surface area (TPSA) is 43.8 Å². The van der Waals surface area contributed by atoms with Crippen LogP contribution in [0.3, 0.4) is 0 Å². The minimum atomic E-state index is -0.597. The molecule has 0 spiro atoms. The predicted octanol–water partition coefficient (Wildman–Crippen LogP) is 2.53. The van der Waals surface area contributed by atoms with Crippen molar-refractivity contribution in [3.8, 4) is 5.69 Å². The zero-order valence-electron chi connectivity index (χ0n) is 10.4. The number of nitrogens with two attached hydrogens (primary N) is 1. The molecule has 0 fully saturated rings. The van der Waals surface area contributed by atoms with Gasteiger partial charge in [-0.2, -0.15) is 5.10 Å². The molecule has 3 rings (SSSR count). The Kier molecular flexibility index (Phi) is 3.06. The molecule has 1 aromatic heterocycles. The Labute approximate surface area is 110 Å². The van der Waals surface area contributed by atoms with E-state index in [1.54, 1.807) is 10.9 Å². The van der Waals surface area contributed by atoms with Crippen LogP contribution in [0.1, 0.15) is 30.0 Å². The third kappa shape index (κ3) is 2.04. The minimum Gasteiger partial charge on any atom is -0.330 e. The van der Waals surface area contributed by atoms with Gasteiger partial charge in [-0.05, 0) is 49.4 Å². The van der Waals surface area contributed by atoms with Gasteiger partial charge in [-0.25, -0.2) is 13.5 Å². The summed E-state index contributed by atoms with van der Waals surface area (Å²) in [5, 5.41) is 4.26. The molecule has 0 radical (unpaired) electrons. The van der Waals surface area contributed by atoms with Crippen LogP contribution in [0.5, 0.6) is 0 Å². The molecule has 0 saturated carbocycles. The van der Waals surface area contributed by atoms with Crippen molar-refractivity contribution in [3.63, 3.8) is 0 Å². The maximum Gasteiger partial charge on any atom is 0.151 e. The van der Waals surface area contributed by atoms with Crippen molar-refractivity contribution in [2.45, 2.75) is 25.2 Å². The Balaban J connectivity index is 2.09. The van der Waals surface area contributed by atoms with Crippen LogP contribution < -0.4 is 5.73 Å². The molecular formula is C14H15F2N3. The third-order valence-electron chi connectivity index (χ3n) is 3.73. The number of rotatable bonds is 2. The molecule has 1 aromatic carbocycles. The van der Waals surface area contributed by atoms with E-state index >= 15 is 0 Å². The molecule has 0 amide bonds. The Morgan fingerprint density at radius 1 is 1.37 bits per heavy atom. The molecule has 100 valence electrons. The number of hydrogen-bond acceptors (Lipinski definition) is 2. The first-order valence-electron chi connectivity index (χ1n) is 6.43. The van der Waals surface area contributed by atoms with Crippen LogP contribution in [0.2, 0.25) is 0 Å². The van der Waals surface area contributed by atoms with Gasteiger partial charge in [0.25, 0.3) is 0 Å². The molecule has 1 aliphatic carbocycles. The zero-order chi connectivity index (χ0) is 13.4. The Bertz CT molecular complexity index is 607. The molecule has 1 atom stereocenters. The van der Waals surface area contributed by atoms with E-state index in [9.17, 15) is 8.78 Å². The Morgan fingerprint density at radius 3 is 2.95 bits per heavy atom. The van der Waals surface area contributed by atoms with Crippen molar-refractivity contribution in [1.29, 1.82) is 0 Å². The minimum absolute atomic E-state index is 0.292. The first-order valence-corrected chi connectivity index (χ1v) is 6.43. The number of aromatic nitrogens is 2. The van der Waals surface area contributed by atoms with Gasteiger partial charge < -0.3 is 5.73 Å². The van der Waals surface area contributed by atoms with Crippen molar-refractivity contribution in [2.24, 2.45) is 5.73 Å². The van der Waals surface area contributed by atoms with Crippen molar-refractivity contribution in [1.82, 2.24) is 9.78 Å². The molecule has 1 aliphatic rings. The lowest BCUT2D eigenvalue weighted by atomic mass is 9.87. The van der Waals surface area contributed by atoms with Crippen molar-refractivity contribution in [2.75, 3.05) is 6.54 Å². The summed E-state index contributed by atoms with van der Waals surface area (Å²) in [7, 11) is 0. The monoisotopic (exact) mass is 263 g/mol. The first-order chi connectivity index (χ1) is 9.20. The first kappa shape index (κ1) is 12.3. The Hall–Kier alpha value is -1.75. The van der Waals surface area contributed by atoms with E-state index < -0.39 is 11.6 Å². The normalized spacial score (nSPS) is 18.4. The van der Waals surface area contributed by atoms with Crippen molar-refractivity contribution >= 4 is 0 Å². The lowest BCUT2D eigenvalue weighted by Crippen LogP contribution is -2.19. The number of hydrogen-bond donors (Lipinski definition) is 1. The molecule has 0 bridgehead atoms. The molecule has 19 heavy (non-hydrogen) atoms.